The first-order chi connectivity index (χ1) is 15.9. The highest BCUT2D eigenvalue weighted by atomic mass is 35.5. The van der Waals surface area contributed by atoms with Gasteiger partial charge in [-0.1, -0.05) is 11.6 Å². The number of aromatic nitrogens is 3. The van der Waals surface area contributed by atoms with E-state index in [2.05, 4.69) is 15.4 Å². The summed E-state index contributed by atoms with van der Waals surface area (Å²) in [5.41, 5.74) is 0.517. The van der Waals surface area contributed by atoms with Gasteiger partial charge in [0.15, 0.2) is 17.3 Å². The molecule has 2 amide bonds. The van der Waals surface area contributed by atoms with Crippen molar-refractivity contribution >= 4 is 34.7 Å². The number of anilines is 1. The summed E-state index contributed by atoms with van der Waals surface area (Å²) < 4.78 is 28.9. The van der Waals surface area contributed by atoms with E-state index in [1.54, 1.807) is 23.0 Å². The number of hydrogen-bond donors (Lipinski definition) is 1. The van der Waals surface area contributed by atoms with E-state index in [9.17, 15) is 18.4 Å². The van der Waals surface area contributed by atoms with Crippen LogP contribution in [0.25, 0.3) is 5.65 Å². The minimum atomic E-state index is -1.04. The Kier molecular flexibility index (Phi) is 5.52. The molecule has 0 bridgehead atoms. The van der Waals surface area contributed by atoms with Crippen LogP contribution in [-0.4, -0.2) is 39.0 Å². The molecule has 3 aromatic rings. The zero-order valence-corrected chi connectivity index (χ0v) is 18.5. The molecule has 1 aliphatic carbocycles. The summed E-state index contributed by atoms with van der Waals surface area (Å²) >= 11 is 6.14. The molecule has 172 valence electrons. The Bertz CT molecular complexity index is 1240. The van der Waals surface area contributed by atoms with Crippen molar-refractivity contribution in [2.75, 3.05) is 11.4 Å². The fourth-order valence-electron chi connectivity index (χ4n) is 5.05. The molecule has 2 aromatic heterocycles. The first-order valence-corrected chi connectivity index (χ1v) is 11.3. The lowest BCUT2D eigenvalue weighted by Crippen LogP contribution is -2.52. The highest BCUT2D eigenvalue weighted by Crippen LogP contribution is 2.46. The monoisotopic (exact) mass is 473 g/mol. The van der Waals surface area contributed by atoms with Crippen molar-refractivity contribution in [3.8, 4) is 0 Å². The van der Waals surface area contributed by atoms with Gasteiger partial charge in [0.25, 0.3) is 5.91 Å². The average Bonchev–Trinajstić information content (AvgIpc) is 3.24. The van der Waals surface area contributed by atoms with Crippen LogP contribution in [0.1, 0.15) is 48.9 Å². The van der Waals surface area contributed by atoms with Crippen molar-refractivity contribution in [1.82, 2.24) is 19.9 Å². The second-order valence-electron chi connectivity index (χ2n) is 8.75. The first-order valence-electron chi connectivity index (χ1n) is 10.9. The molecule has 1 spiro atoms. The summed E-state index contributed by atoms with van der Waals surface area (Å²) in [6.45, 7) is 0.410. The van der Waals surface area contributed by atoms with Gasteiger partial charge in [0.1, 0.15) is 5.56 Å². The van der Waals surface area contributed by atoms with Gasteiger partial charge in [-0.2, -0.15) is 5.10 Å². The molecule has 1 aliphatic heterocycles. The minimum absolute atomic E-state index is 0.0160. The van der Waals surface area contributed by atoms with Gasteiger partial charge in [0.05, 0.1) is 16.9 Å². The van der Waals surface area contributed by atoms with Crippen molar-refractivity contribution in [2.24, 2.45) is 5.41 Å². The van der Waals surface area contributed by atoms with Crippen molar-refractivity contribution < 1.29 is 18.4 Å². The second-order valence-corrected chi connectivity index (χ2v) is 9.16. The third-order valence-electron chi connectivity index (χ3n) is 6.82. The number of amides is 2. The summed E-state index contributed by atoms with van der Waals surface area (Å²) in [5, 5.41) is 7.21. The molecular formula is C23H22ClF2N5O2. The third kappa shape index (κ3) is 3.84. The maximum atomic E-state index is 13.8. The Morgan fingerprint density at radius 2 is 1.94 bits per heavy atom. The molecule has 1 N–H and O–H groups in total. The largest absolute Gasteiger partial charge is 0.349 e. The normalized spacial score (nSPS) is 23.3. The number of rotatable bonds is 3. The van der Waals surface area contributed by atoms with Gasteiger partial charge in [-0.25, -0.2) is 18.3 Å². The fraction of sp³-hybridized carbons (Fsp3) is 0.391. The molecule has 33 heavy (non-hydrogen) atoms. The van der Waals surface area contributed by atoms with Crippen LogP contribution in [0.2, 0.25) is 5.02 Å². The number of carbonyl (C=O) groups excluding carboxylic acids is 2. The smallest absolute Gasteiger partial charge is 0.256 e. The molecule has 7 nitrogen and oxygen atoms in total. The van der Waals surface area contributed by atoms with E-state index in [0.717, 1.165) is 25.0 Å². The Morgan fingerprint density at radius 1 is 1.18 bits per heavy atom. The number of benzene rings is 1. The van der Waals surface area contributed by atoms with E-state index in [1.807, 2.05) is 0 Å². The van der Waals surface area contributed by atoms with Crippen LogP contribution < -0.4 is 10.2 Å². The van der Waals surface area contributed by atoms with Crippen LogP contribution in [0, 0.1) is 17.0 Å². The molecule has 1 saturated heterocycles. The van der Waals surface area contributed by atoms with Crippen LogP contribution >= 0.6 is 11.6 Å². The number of piperidine rings is 1. The van der Waals surface area contributed by atoms with Crippen LogP contribution in [0.15, 0.2) is 36.8 Å². The zero-order valence-electron chi connectivity index (χ0n) is 17.7. The molecule has 0 atom stereocenters. The topological polar surface area (TPSA) is 79.6 Å². The van der Waals surface area contributed by atoms with Gasteiger partial charge in [0.2, 0.25) is 5.91 Å². The summed E-state index contributed by atoms with van der Waals surface area (Å²) in [6, 6.07) is 3.56. The maximum absolute atomic E-state index is 13.8. The second kappa shape index (κ2) is 8.37. The van der Waals surface area contributed by atoms with Crippen LogP contribution in [0.3, 0.4) is 0 Å². The number of carbonyl (C=O) groups is 2. The SMILES string of the molecule is O=C(NC1CCC2(CCCN(c3cc(F)c(F)cc3Cl)C2=O)CC1)c1cnn2cccnc12. The van der Waals surface area contributed by atoms with Crippen molar-refractivity contribution in [3.05, 3.63) is 59.0 Å². The van der Waals surface area contributed by atoms with Crippen molar-refractivity contribution in [1.29, 1.82) is 0 Å². The first kappa shape index (κ1) is 21.8. The van der Waals surface area contributed by atoms with Gasteiger partial charge in [-0.05, 0) is 50.7 Å². The molecule has 1 saturated carbocycles. The van der Waals surface area contributed by atoms with E-state index in [0.29, 0.717) is 43.4 Å². The Morgan fingerprint density at radius 3 is 2.73 bits per heavy atom. The minimum Gasteiger partial charge on any atom is -0.349 e. The summed E-state index contributed by atoms with van der Waals surface area (Å²) in [7, 11) is 0. The Hall–Kier alpha value is -3.07. The molecule has 5 rings (SSSR count). The van der Waals surface area contributed by atoms with Gasteiger partial charge < -0.3 is 10.2 Å². The molecule has 2 aliphatic rings. The lowest BCUT2D eigenvalue weighted by molar-refractivity contribution is -0.132. The quantitative estimate of drug-likeness (QED) is 0.580. The molecular weight excluding hydrogens is 452 g/mol. The third-order valence-corrected chi connectivity index (χ3v) is 7.12. The number of nitrogens with one attached hydrogen (secondary N) is 1. The van der Waals surface area contributed by atoms with Crippen molar-refractivity contribution in [3.63, 3.8) is 0 Å². The van der Waals surface area contributed by atoms with Crippen molar-refractivity contribution in [2.45, 2.75) is 44.6 Å². The number of halogens is 3. The Labute approximate surface area is 193 Å². The lowest BCUT2D eigenvalue weighted by Gasteiger charge is -2.45. The number of hydrogen-bond acceptors (Lipinski definition) is 4. The van der Waals surface area contributed by atoms with E-state index in [-0.39, 0.29) is 28.6 Å². The maximum Gasteiger partial charge on any atom is 0.256 e. The summed E-state index contributed by atoms with van der Waals surface area (Å²) in [5.74, 6) is -2.43. The van der Waals surface area contributed by atoms with E-state index >= 15 is 0 Å². The summed E-state index contributed by atoms with van der Waals surface area (Å²) in [6.07, 6.45) is 8.78. The molecule has 0 unspecified atom stereocenters. The molecule has 2 fully saturated rings. The standard InChI is InChI=1S/C23H22ClF2N5O2/c24-16-11-17(25)18(26)12-19(16)30-9-1-5-23(22(30)33)6-3-14(4-7-23)29-21(32)15-13-28-31-10-2-8-27-20(15)31/h2,8,10-14H,1,3-7,9H2,(H,29,32). The van der Waals surface area contributed by atoms with Gasteiger partial charge in [-0.3, -0.25) is 9.59 Å². The zero-order chi connectivity index (χ0) is 23.2. The van der Waals surface area contributed by atoms with E-state index in [1.165, 1.54) is 11.1 Å². The molecule has 0 radical (unpaired) electrons. The lowest BCUT2D eigenvalue weighted by atomic mass is 9.67. The van der Waals surface area contributed by atoms with E-state index in [4.69, 9.17) is 11.6 Å². The number of nitrogens with zero attached hydrogens (tertiary/aromatic N) is 4. The Balaban J connectivity index is 1.28. The fourth-order valence-corrected chi connectivity index (χ4v) is 5.30. The van der Waals surface area contributed by atoms with Crippen LogP contribution in [-0.2, 0) is 4.79 Å². The summed E-state index contributed by atoms with van der Waals surface area (Å²) in [4.78, 5) is 32.0. The molecule has 10 heteroatoms. The van der Waals surface area contributed by atoms with Crippen LogP contribution in [0.4, 0.5) is 14.5 Å². The van der Waals surface area contributed by atoms with Gasteiger partial charge in [-0.15, -0.1) is 0 Å². The van der Waals surface area contributed by atoms with E-state index < -0.39 is 17.0 Å². The predicted molar refractivity (Wildman–Crippen MR) is 118 cm³/mol. The molecule has 3 heterocycles. The van der Waals surface area contributed by atoms with Gasteiger partial charge in [0, 0.05) is 36.5 Å². The predicted octanol–water partition coefficient (Wildman–Crippen LogP) is 4.15. The highest BCUT2D eigenvalue weighted by Gasteiger charge is 2.47. The average molecular weight is 474 g/mol. The van der Waals surface area contributed by atoms with Crippen LogP contribution in [0.5, 0.6) is 0 Å². The highest BCUT2D eigenvalue weighted by molar-refractivity contribution is 6.33. The van der Waals surface area contributed by atoms with Gasteiger partial charge >= 0.3 is 0 Å². The molecule has 1 aromatic carbocycles. The number of fused-ring (bicyclic) bond motifs is 1.